The zero-order chi connectivity index (χ0) is 10.7. The highest BCUT2D eigenvalue weighted by molar-refractivity contribution is 5.60. The number of hydrogen-bond donors (Lipinski definition) is 0. The summed E-state index contributed by atoms with van der Waals surface area (Å²) in [6, 6.07) is 0. The number of carbonyl (C=O) groups is 1. The van der Waals surface area contributed by atoms with Crippen molar-refractivity contribution in [1.82, 2.24) is 0 Å². The zero-order valence-electron chi connectivity index (χ0n) is 10.0. The molecular formula is C14H24O. The molecule has 0 saturated heterocycles. The Labute approximate surface area is 93.6 Å². The fourth-order valence-corrected chi connectivity index (χ4v) is 3.67. The lowest BCUT2D eigenvalue weighted by Gasteiger charge is -2.42. The molecule has 0 spiro atoms. The molecule has 0 amide bonds. The Morgan fingerprint density at radius 2 is 1.60 bits per heavy atom. The standard InChI is InChI=1S/C14H24O/c1-12-5-7-13(8-6-12)14(11-15)9-3-2-4-10-14/h11-13H,2-10H2,1H3. The maximum absolute atomic E-state index is 11.5. The van der Waals surface area contributed by atoms with Crippen LogP contribution in [0.3, 0.4) is 0 Å². The van der Waals surface area contributed by atoms with E-state index >= 15 is 0 Å². The summed E-state index contributed by atoms with van der Waals surface area (Å²) in [5, 5.41) is 0. The molecule has 1 nitrogen and oxygen atoms in total. The second kappa shape index (κ2) is 4.67. The molecule has 0 aliphatic heterocycles. The van der Waals surface area contributed by atoms with Gasteiger partial charge >= 0.3 is 0 Å². The van der Waals surface area contributed by atoms with Gasteiger partial charge in [-0.05, 0) is 37.5 Å². The summed E-state index contributed by atoms with van der Waals surface area (Å²) in [6.45, 7) is 2.35. The van der Waals surface area contributed by atoms with Crippen molar-refractivity contribution in [2.75, 3.05) is 0 Å². The molecule has 0 bridgehead atoms. The molecule has 2 aliphatic rings. The van der Waals surface area contributed by atoms with Crippen LogP contribution in [0, 0.1) is 17.3 Å². The van der Waals surface area contributed by atoms with Gasteiger partial charge in [0.1, 0.15) is 6.29 Å². The van der Waals surface area contributed by atoms with Crippen LogP contribution in [-0.2, 0) is 4.79 Å². The first-order chi connectivity index (χ1) is 7.27. The molecule has 2 fully saturated rings. The highest BCUT2D eigenvalue weighted by Crippen LogP contribution is 2.47. The van der Waals surface area contributed by atoms with Crippen molar-refractivity contribution in [2.24, 2.45) is 17.3 Å². The summed E-state index contributed by atoms with van der Waals surface area (Å²) in [4.78, 5) is 11.5. The van der Waals surface area contributed by atoms with E-state index in [0.717, 1.165) is 5.92 Å². The summed E-state index contributed by atoms with van der Waals surface area (Å²) in [7, 11) is 0. The van der Waals surface area contributed by atoms with Crippen LogP contribution < -0.4 is 0 Å². The lowest BCUT2D eigenvalue weighted by Crippen LogP contribution is -2.36. The largest absolute Gasteiger partial charge is 0.303 e. The van der Waals surface area contributed by atoms with E-state index in [-0.39, 0.29) is 5.41 Å². The Bertz CT molecular complexity index is 207. The lowest BCUT2D eigenvalue weighted by molar-refractivity contribution is -0.122. The third kappa shape index (κ3) is 2.26. The quantitative estimate of drug-likeness (QED) is 0.628. The van der Waals surface area contributed by atoms with Crippen molar-refractivity contribution in [2.45, 2.75) is 64.7 Å². The minimum absolute atomic E-state index is 0.0956. The van der Waals surface area contributed by atoms with Gasteiger partial charge < -0.3 is 4.79 Å². The Kier molecular flexibility index (Phi) is 3.48. The smallest absolute Gasteiger partial charge is 0.126 e. The highest BCUT2D eigenvalue weighted by Gasteiger charge is 2.40. The highest BCUT2D eigenvalue weighted by atomic mass is 16.1. The average molecular weight is 208 g/mol. The molecule has 0 aromatic heterocycles. The van der Waals surface area contributed by atoms with E-state index in [2.05, 4.69) is 6.92 Å². The number of hydrogen-bond acceptors (Lipinski definition) is 1. The summed E-state index contributed by atoms with van der Waals surface area (Å²) >= 11 is 0. The van der Waals surface area contributed by atoms with Crippen LogP contribution in [0.1, 0.15) is 64.7 Å². The third-order valence-electron chi connectivity index (χ3n) is 4.85. The van der Waals surface area contributed by atoms with Crippen molar-refractivity contribution < 1.29 is 4.79 Å². The molecule has 0 unspecified atom stereocenters. The Morgan fingerprint density at radius 1 is 1.00 bits per heavy atom. The van der Waals surface area contributed by atoms with E-state index in [1.165, 1.54) is 64.1 Å². The number of aldehydes is 1. The van der Waals surface area contributed by atoms with Gasteiger partial charge in [0.05, 0.1) is 0 Å². The molecule has 0 atom stereocenters. The first kappa shape index (κ1) is 11.2. The fraction of sp³-hybridized carbons (Fsp3) is 0.929. The van der Waals surface area contributed by atoms with Gasteiger partial charge in [0.2, 0.25) is 0 Å². The van der Waals surface area contributed by atoms with Crippen molar-refractivity contribution in [3.05, 3.63) is 0 Å². The third-order valence-corrected chi connectivity index (χ3v) is 4.85. The van der Waals surface area contributed by atoms with Crippen LogP contribution in [0.2, 0.25) is 0 Å². The summed E-state index contributed by atoms with van der Waals surface area (Å²) in [5.74, 6) is 1.61. The summed E-state index contributed by atoms with van der Waals surface area (Å²) in [6.07, 6.45) is 12.9. The molecule has 0 heterocycles. The van der Waals surface area contributed by atoms with Crippen molar-refractivity contribution >= 4 is 6.29 Å². The first-order valence-corrected chi connectivity index (χ1v) is 6.73. The van der Waals surface area contributed by atoms with Gasteiger partial charge in [-0.2, -0.15) is 0 Å². The minimum Gasteiger partial charge on any atom is -0.303 e. The van der Waals surface area contributed by atoms with Crippen LogP contribution in [0.15, 0.2) is 0 Å². The van der Waals surface area contributed by atoms with Crippen LogP contribution in [0.25, 0.3) is 0 Å². The van der Waals surface area contributed by atoms with Gasteiger partial charge in [-0.1, -0.05) is 39.0 Å². The monoisotopic (exact) mass is 208 g/mol. The summed E-state index contributed by atoms with van der Waals surface area (Å²) < 4.78 is 0. The van der Waals surface area contributed by atoms with Crippen LogP contribution >= 0.6 is 0 Å². The number of rotatable bonds is 2. The van der Waals surface area contributed by atoms with Crippen molar-refractivity contribution in [3.8, 4) is 0 Å². The van der Waals surface area contributed by atoms with Gasteiger partial charge in [0, 0.05) is 5.41 Å². The maximum Gasteiger partial charge on any atom is 0.126 e. The van der Waals surface area contributed by atoms with Gasteiger partial charge in [-0.15, -0.1) is 0 Å². The Balaban J connectivity index is 2.01. The predicted molar refractivity (Wildman–Crippen MR) is 62.7 cm³/mol. The van der Waals surface area contributed by atoms with Crippen molar-refractivity contribution in [1.29, 1.82) is 0 Å². The molecule has 2 rings (SSSR count). The molecule has 1 heteroatoms. The molecule has 86 valence electrons. The van der Waals surface area contributed by atoms with Crippen molar-refractivity contribution in [3.63, 3.8) is 0 Å². The first-order valence-electron chi connectivity index (χ1n) is 6.73. The molecule has 0 N–H and O–H groups in total. The topological polar surface area (TPSA) is 17.1 Å². The molecular weight excluding hydrogens is 184 g/mol. The second-order valence-electron chi connectivity index (χ2n) is 5.87. The van der Waals surface area contributed by atoms with Crippen LogP contribution in [0.5, 0.6) is 0 Å². The molecule has 2 saturated carbocycles. The van der Waals surface area contributed by atoms with E-state index in [4.69, 9.17) is 0 Å². The SMILES string of the molecule is CC1CCC(C2(C=O)CCCCC2)CC1. The van der Waals surface area contributed by atoms with E-state index in [0.29, 0.717) is 5.92 Å². The molecule has 0 aromatic carbocycles. The molecule has 15 heavy (non-hydrogen) atoms. The second-order valence-corrected chi connectivity index (χ2v) is 5.87. The lowest BCUT2D eigenvalue weighted by atomic mass is 9.61. The maximum atomic E-state index is 11.5. The summed E-state index contributed by atoms with van der Waals surface area (Å²) in [5.41, 5.74) is 0.0956. The van der Waals surface area contributed by atoms with Gasteiger partial charge in [-0.3, -0.25) is 0 Å². The average Bonchev–Trinajstić information content (AvgIpc) is 2.31. The van der Waals surface area contributed by atoms with Crippen LogP contribution in [-0.4, -0.2) is 6.29 Å². The zero-order valence-corrected chi connectivity index (χ0v) is 10.0. The van der Waals surface area contributed by atoms with E-state index in [9.17, 15) is 4.79 Å². The van der Waals surface area contributed by atoms with Gasteiger partial charge in [-0.25, -0.2) is 0 Å². The Hall–Kier alpha value is -0.330. The minimum atomic E-state index is 0.0956. The van der Waals surface area contributed by atoms with Gasteiger partial charge in [0.15, 0.2) is 0 Å². The van der Waals surface area contributed by atoms with E-state index in [1.54, 1.807) is 0 Å². The number of carbonyl (C=O) groups excluding carboxylic acids is 1. The van der Waals surface area contributed by atoms with Crippen LogP contribution in [0.4, 0.5) is 0 Å². The van der Waals surface area contributed by atoms with Gasteiger partial charge in [0.25, 0.3) is 0 Å². The molecule has 0 radical (unpaired) electrons. The Morgan fingerprint density at radius 3 is 2.13 bits per heavy atom. The normalized spacial score (nSPS) is 36.1. The molecule has 0 aromatic rings. The molecule has 2 aliphatic carbocycles. The van der Waals surface area contributed by atoms with E-state index in [1.807, 2.05) is 0 Å². The fourth-order valence-electron chi connectivity index (χ4n) is 3.67. The van der Waals surface area contributed by atoms with E-state index < -0.39 is 0 Å². The predicted octanol–water partition coefficient (Wildman–Crippen LogP) is 3.96.